The maximum absolute atomic E-state index is 12.6. The fraction of sp³-hybridized carbons (Fsp3) is 0.222. The van der Waals surface area contributed by atoms with Gasteiger partial charge < -0.3 is 5.32 Å². The number of aromatic nitrogens is 2. The molecule has 2 aromatic carbocycles. The van der Waals surface area contributed by atoms with Crippen LogP contribution in [-0.2, 0) is 6.54 Å². The lowest BCUT2D eigenvalue weighted by Crippen LogP contribution is -2.17. The van der Waals surface area contributed by atoms with Crippen LogP contribution < -0.4 is 5.32 Å². The van der Waals surface area contributed by atoms with E-state index in [1.165, 1.54) is 0 Å². The summed E-state index contributed by atoms with van der Waals surface area (Å²) in [5.41, 5.74) is 0.676. The summed E-state index contributed by atoms with van der Waals surface area (Å²) in [5.74, 6) is 1.09. The lowest BCUT2D eigenvalue weighted by Gasteiger charge is -2.12. The van der Waals surface area contributed by atoms with Gasteiger partial charge in [0.15, 0.2) is 0 Å². The van der Waals surface area contributed by atoms with Crippen molar-refractivity contribution < 1.29 is 4.79 Å². The number of rotatable bonds is 4. The molecule has 1 aromatic heterocycles. The van der Waals surface area contributed by atoms with Gasteiger partial charge in [-0.3, -0.25) is 4.79 Å². The predicted octanol–water partition coefficient (Wildman–Crippen LogP) is 3.94. The number of fused-ring (bicyclic) bond motifs is 1. The first kappa shape index (κ1) is 14.3. The number of amides is 1. The minimum Gasteiger partial charge on any atom is -0.307 e. The van der Waals surface area contributed by atoms with Gasteiger partial charge in [-0.25, -0.2) is 4.68 Å². The molecule has 0 saturated heterocycles. The average molecular weight is 293 g/mol. The van der Waals surface area contributed by atoms with E-state index in [0.29, 0.717) is 11.5 Å². The standard InChI is InChI=1S/C18H19N3O/c1-13(2)12-21-17(10-11-19-21)20-18(22)16-9-5-7-14-6-3-4-8-15(14)16/h3-11,13H,12H2,1-2H3,(H,20,22). The summed E-state index contributed by atoms with van der Waals surface area (Å²) in [4.78, 5) is 12.6. The molecule has 4 heteroatoms. The van der Waals surface area contributed by atoms with Crippen LogP contribution in [-0.4, -0.2) is 15.7 Å². The monoisotopic (exact) mass is 293 g/mol. The fourth-order valence-electron chi connectivity index (χ4n) is 2.54. The molecule has 0 atom stereocenters. The number of hydrogen-bond donors (Lipinski definition) is 1. The van der Waals surface area contributed by atoms with Crippen molar-refractivity contribution in [1.29, 1.82) is 0 Å². The Kier molecular flexibility index (Phi) is 3.92. The van der Waals surface area contributed by atoms with E-state index in [1.54, 1.807) is 6.20 Å². The largest absolute Gasteiger partial charge is 0.307 e. The van der Waals surface area contributed by atoms with Crippen molar-refractivity contribution in [1.82, 2.24) is 9.78 Å². The van der Waals surface area contributed by atoms with Crippen molar-refractivity contribution in [3.8, 4) is 0 Å². The molecule has 0 aliphatic heterocycles. The molecule has 3 aromatic rings. The molecule has 0 radical (unpaired) electrons. The Labute approximate surface area is 129 Å². The molecule has 0 saturated carbocycles. The van der Waals surface area contributed by atoms with Crippen molar-refractivity contribution in [2.45, 2.75) is 20.4 Å². The van der Waals surface area contributed by atoms with Gasteiger partial charge in [0.25, 0.3) is 5.91 Å². The Bertz CT molecular complexity index is 799. The highest BCUT2D eigenvalue weighted by molar-refractivity contribution is 6.12. The number of nitrogens with one attached hydrogen (secondary N) is 1. The van der Waals surface area contributed by atoms with Crippen LogP contribution >= 0.6 is 0 Å². The van der Waals surface area contributed by atoms with E-state index in [1.807, 2.05) is 53.2 Å². The second-order valence-corrected chi connectivity index (χ2v) is 5.77. The SMILES string of the molecule is CC(C)Cn1nccc1NC(=O)c1cccc2ccccc12. The van der Waals surface area contributed by atoms with Crippen LogP contribution in [0.25, 0.3) is 10.8 Å². The minimum absolute atomic E-state index is 0.109. The Hall–Kier alpha value is -2.62. The summed E-state index contributed by atoms with van der Waals surface area (Å²) < 4.78 is 1.83. The highest BCUT2D eigenvalue weighted by Crippen LogP contribution is 2.20. The molecule has 1 heterocycles. The first-order valence-electron chi connectivity index (χ1n) is 7.46. The van der Waals surface area contributed by atoms with Gasteiger partial charge in [0.2, 0.25) is 0 Å². The molecular weight excluding hydrogens is 274 g/mol. The Balaban J connectivity index is 1.90. The van der Waals surface area contributed by atoms with E-state index in [0.717, 1.165) is 23.1 Å². The fourth-order valence-corrected chi connectivity index (χ4v) is 2.54. The lowest BCUT2D eigenvalue weighted by atomic mass is 10.0. The van der Waals surface area contributed by atoms with Crippen molar-refractivity contribution in [2.24, 2.45) is 5.92 Å². The van der Waals surface area contributed by atoms with E-state index < -0.39 is 0 Å². The van der Waals surface area contributed by atoms with Gasteiger partial charge >= 0.3 is 0 Å². The molecule has 0 aliphatic carbocycles. The van der Waals surface area contributed by atoms with Crippen LogP contribution in [0.2, 0.25) is 0 Å². The van der Waals surface area contributed by atoms with E-state index in [-0.39, 0.29) is 5.91 Å². The van der Waals surface area contributed by atoms with E-state index >= 15 is 0 Å². The van der Waals surface area contributed by atoms with Crippen LogP contribution in [0.4, 0.5) is 5.82 Å². The van der Waals surface area contributed by atoms with E-state index in [4.69, 9.17) is 0 Å². The summed E-state index contributed by atoms with van der Waals surface area (Å²) >= 11 is 0. The van der Waals surface area contributed by atoms with Gasteiger partial charge in [0.05, 0.1) is 6.20 Å². The molecule has 112 valence electrons. The Morgan fingerprint density at radius 3 is 2.73 bits per heavy atom. The minimum atomic E-state index is -0.109. The second-order valence-electron chi connectivity index (χ2n) is 5.77. The van der Waals surface area contributed by atoms with Gasteiger partial charge in [0.1, 0.15) is 5.82 Å². The number of nitrogens with zero attached hydrogens (tertiary/aromatic N) is 2. The quantitative estimate of drug-likeness (QED) is 0.792. The summed E-state index contributed by atoms with van der Waals surface area (Å²) in [6.07, 6.45) is 1.71. The van der Waals surface area contributed by atoms with Crippen LogP contribution in [0.15, 0.2) is 54.7 Å². The molecule has 0 aliphatic rings. The van der Waals surface area contributed by atoms with Gasteiger partial charge in [-0.1, -0.05) is 50.2 Å². The number of hydrogen-bond acceptors (Lipinski definition) is 2. The zero-order valence-corrected chi connectivity index (χ0v) is 12.8. The summed E-state index contributed by atoms with van der Waals surface area (Å²) in [6.45, 7) is 5.02. The van der Waals surface area contributed by atoms with Crippen molar-refractivity contribution in [3.63, 3.8) is 0 Å². The molecule has 0 bridgehead atoms. The Morgan fingerprint density at radius 2 is 1.91 bits per heavy atom. The highest BCUT2D eigenvalue weighted by atomic mass is 16.1. The summed E-state index contributed by atoms with van der Waals surface area (Å²) in [5, 5.41) is 9.25. The van der Waals surface area contributed by atoms with Gasteiger partial charge in [-0.05, 0) is 22.8 Å². The molecule has 0 fully saturated rings. The summed E-state index contributed by atoms with van der Waals surface area (Å²) in [7, 11) is 0. The molecule has 22 heavy (non-hydrogen) atoms. The second kappa shape index (κ2) is 6.02. The number of carbonyl (C=O) groups excluding carboxylic acids is 1. The third-order valence-corrected chi connectivity index (χ3v) is 3.53. The topological polar surface area (TPSA) is 46.9 Å². The first-order valence-corrected chi connectivity index (χ1v) is 7.46. The third-order valence-electron chi connectivity index (χ3n) is 3.53. The maximum atomic E-state index is 12.6. The van der Waals surface area contributed by atoms with Crippen molar-refractivity contribution >= 4 is 22.5 Å². The van der Waals surface area contributed by atoms with Gasteiger partial charge in [-0.15, -0.1) is 0 Å². The van der Waals surface area contributed by atoms with Crippen molar-refractivity contribution in [2.75, 3.05) is 5.32 Å². The highest BCUT2D eigenvalue weighted by Gasteiger charge is 2.12. The molecule has 1 N–H and O–H groups in total. The van der Waals surface area contributed by atoms with E-state index in [2.05, 4.69) is 24.3 Å². The molecule has 1 amide bonds. The predicted molar refractivity (Wildman–Crippen MR) is 89.0 cm³/mol. The zero-order valence-electron chi connectivity index (χ0n) is 12.8. The van der Waals surface area contributed by atoms with Crippen molar-refractivity contribution in [3.05, 3.63) is 60.3 Å². The smallest absolute Gasteiger partial charge is 0.257 e. The number of benzene rings is 2. The average Bonchev–Trinajstić information content (AvgIpc) is 2.93. The lowest BCUT2D eigenvalue weighted by molar-refractivity contribution is 0.102. The van der Waals surface area contributed by atoms with Crippen LogP contribution in [0.1, 0.15) is 24.2 Å². The molecule has 0 spiro atoms. The van der Waals surface area contributed by atoms with Gasteiger partial charge in [0, 0.05) is 18.2 Å². The number of carbonyl (C=O) groups is 1. The molecule has 4 nitrogen and oxygen atoms in total. The van der Waals surface area contributed by atoms with E-state index in [9.17, 15) is 4.79 Å². The maximum Gasteiger partial charge on any atom is 0.257 e. The normalized spacial score (nSPS) is 11.0. The molecular formula is C18H19N3O. The molecule has 0 unspecified atom stereocenters. The summed E-state index contributed by atoms with van der Waals surface area (Å²) in [6, 6.07) is 15.5. The number of anilines is 1. The van der Waals surface area contributed by atoms with Crippen LogP contribution in [0.3, 0.4) is 0 Å². The van der Waals surface area contributed by atoms with Crippen LogP contribution in [0, 0.1) is 5.92 Å². The molecule has 3 rings (SSSR count). The first-order chi connectivity index (χ1) is 10.6. The van der Waals surface area contributed by atoms with Gasteiger partial charge in [-0.2, -0.15) is 5.10 Å². The Morgan fingerprint density at radius 1 is 1.14 bits per heavy atom. The third kappa shape index (κ3) is 2.86. The van der Waals surface area contributed by atoms with Crippen LogP contribution in [0.5, 0.6) is 0 Å². The zero-order chi connectivity index (χ0) is 15.5.